The highest BCUT2D eigenvalue weighted by Gasteiger charge is 2.48. The van der Waals surface area contributed by atoms with E-state index in [-0.39, 0.29) is 5.91 Å². The number of likely N-dealkylation sites (tertiary alicyclic amines) is 1. The number of methoxy groups -OCH3 is 2. The summed E-state index contributed by atoms with van der Waals surface area (Å²) in [5.41, 5.74) is 1.37. The van der Waals surface area contributed by atoms with Crippen LogP contribution >= 0.6 is 0 Å². The Morgan fingerprint density at radius 2 is 2.05 bits per heavy atom. The summed E-state index contributed by atoms with van der Waals surface area (Å²) in [6, 6.07) is 7.76. The van der Waals surface area contributed by atoms with Crippen molar-refractivity contribution in [2.45, 2.75) is 38.2 Å². The molecule has 4 nitrogen and oxygen atoms in total. The maximum Gasteiger partial charge on any atom is 0.226 e. The van der Waals surface area contributed by atoms with E-state index in [1.54, 1.807) is 7.11 Å². The molecule has 1 amide bonds. The summed E-state index contributed by atoms with van der Waals surface area (Å²) in [6.45, 7) is 1.73. The SMILES string of the molecule is COc1cccc(CC(=O)N2CCC3(CCC3OC)CC2)c1. The minimum atomic E-state index is 0.219. The standard InChI is InChI=1S/C18H25NO3/c1-21-15-5-3-4-14(12-15)13-17(20)19-10-8-18(9-11-19)7-6-16(18)22-2/h3-5,12,16H,6-11,13H2,1-2H3. The minimum Gasteiger partial charge on any atom is -0.497 e. The number of carbonyl (C=O) groups excluding carboxylic acids is 1. The Bertz CT molecular complexity index is 533. The summed E-state index contributed by atoms with van der Waals surface area (Å²) in [5.74, 6) is 1.02. The van der Waals surface area contributed by atoms with Crippen molar-refractivity contribution in [1.82, 2.24) is 4.90 Å². The van der Waals surface area contributed by atoms with Gasteiger partial charge in [-0.15, -0.1) is 0 Å². The zero-order valence-electron chi connectivity index (χ0n) is 13.5. The Hall–Kier alpha value is -1.55. The van der Waals surface area contributed by atoms with Crippen molar-refractivity contribution in [2.75, 3.05) is 27.3 Å². The fourth-order valence-electron chi connectivity index (χ4n) is 3.88. The van der Waals surface area contributed by atoms with Gasteiger partial charge in [-0.3, -0.25) is 4.79 Å². The van der Waals surface area contributed by atoms with Gasteiger partial charge in [-0.05, 0) is 43.4 Å². The van der Waals surface area contributed by atoms with Crippen LogP contribution in [0.2, 0.25) is 0 Å². The maximum absolute atomic E-state index is 12.5. The minimum absolute atomic E-state index is 0.219. The summed E-state index contributed by atoms with van der Waals surface area (Å²) in [5, 5.41) is 0. The van der Waals surface area contributed by atoms with Crippen LogP contribution in [0.1, 0.15) is 31.2 Å². The highest BCUT2D eigenvalue weighted by atomic mass is 16.5. The van der Waals surface area contributed by atoms with Gasteiger partial charge >= 0.3 is 0 Å². The van der Waals surface area contributed by atoms with E-state index in [1.165, 1.54) is 12.8 Å². The normalized spacial score (nSPS) is 23.2. The maximum atomic E-state index is 12.5. The lowest BCUT2D eigenvalue weighted by molar-refractivity contribution is -0.144. The van der Waals surface area contributed by atoms with Crippen LogP contribution in [0, 0.1) is 5.41 Å². The highest BCUT2D eigenvalue weighted by Crippen LogP contribution is 2.50. The number of piperidine rings is 1. The smallest absolute Gasteiger partial charge is 0.226 e. The van der Waals surface area contributed by atoms with E-state index in [1.807, 2.05) is 36.3 Å². The molecule has 1 aliphatic heterocycles. The van der Waals surface area contributed by atoms with Gasteiger partial charge in [0.15, 0.2) is 0 Å². The van der Waals surface area contributed by atoms with E-state index in [0.29, 0.717) is 17.9 Å². The average molecular weight is 303 g/mol. The van der Waals surface area contributed by atoms with Crippen LogP contribution in [0.4, 0.5) is 0 Å². The summed E-state index contributed by atoms with van der Waals surface area (Å²) >= 11 is 0. The molecule has 2 fully saturated rings. The Kier molecular flexibility index (Phi) is 4.39. The van der Waals surface area contributed by atoms with Crippen LogP contribution in [0.5, 0.6) is 5.75 Å². The van der Waals surface area contributed by atoms with Crippen molar-refractivity contribution in [3.05, 3.63) is 29.8 Å². The van der Waals surface area contributed by atoms with E-state index in [2.05, 4.69) is 0 Å². The van der Waals surface area contributed by atoms with Gasteiger partial charge in [0.2, 0.25) is 5.91 Å². The largest absolute Gasteiger partial charge is 0.497 e. The fraction of sp³-hybridized carbons (Fsp3) is 0.611. The molecular formula is C18H25NO3. The second kappa shape index (κ2) is 6.29. The zero-order valence-corrected chi connectivity index (χ0v) is 13.5. The molecule has 3 rings (SSSR count). The van der Waals surface area contributed by atoms with Crippen LogP contribution in [0.3, 0.4) is 0 Å². The number of hydrogen-bond acceptors (Lipinski definition) is 3. The van der Waals surface area contributed by atoms with Gasteiger partial charge in [-0.2, -0.15) is 0 Å². The predicted octanol–water partition coefficient (Wildman–Crippen LogP) is 2.66. The molecule has 1 atom stereocenters. The molecule has 1 aromatic carbocycles. The average Bonchev–Trinajstić information content (AvgIpc) is 2.54. The van der Waals surface area contributed by atoms with Gasteiger partial charge in [0.05, 0.1) is 19.6 Å². The molecule has 4 heteroatoms. The molecule has 0 bridgehead atoms. The molecule has 1 saturated heterocycles. The number of benzene rings is 1. The van der Waals surface area contributed by atoms with Gasteiger partial charge < -0.3 is 14.4 Å². The molecule has 1 spiro atoms. The van der Waals surface area contributed by atoms with E-state index >= 15 is 0 Å². The zero-order chi connectivity index (χ0) is 15.6. The van der Waals surface area contributed by atoms with Crippen LogP contribution in [-0.2, 0) is 16.0 Å². The molecule has 0 N–H and O–H groups in total. The molecule has 1 aromatic rings. The number of amides is 1. The van der Waals surface area contributed by atoms with Crippen molar-refractivity contribution < 1.29 is 14.3 Å². The summed E-state index contributed by atoms with van der Waals surface area (Å²) in [4.78, 5) is 14.5. The van der Waals surface area contributed by atoms with Crippen LogP contribution in [0.25, 0.3) is 0 Å². The Morgan fingerprint density at radius 3 is 2.64 bits per heavy atom. The molecule has 0 radical (unpaired) electrons. The van der Waals surface area contributed by atoms with Crippen LogP contribution < -0.4 is 4.74 Å². The lowest BCUT2D eigenvalue weighted by atomic mass is 9.61. The third-order valence-electron chi connectivity index (χ3n) is 5.47. The molecule has 0 aromatic heterocycles. The van der Waals surface area contributed by atoms with Gasteiger partial charge in [-0.1, -0.05) is 12.1 Å². The first kappa shape index (κ1) is 15.3. The monoisotopic (exact) mass is 303 g/mol. The Morgan fingerprint density at radius 1 is 1.27 bits per heavy atom. The molecule has 2 aliphatic rings. The van der Waals surface area contributed by atoms with E-state index in [9.17, 15) is 4.79 Å². The summed E-state index contributed by atoms with van der Waals surface area (Å²) in [7, 11) is 3.46. The second-order valence-corrected chi connectivity index (χ2v) is 6.53. The van der Waals surface area contributed by atoms with Crippen molar-refractivity contribution in [2.24, 2.45) is 5.41 Å². The number of carbonyl (C=O) groups is 1. The number of ether oxygens (including phenoxy) is 2. The van der Waals surface area contributed by atoms with E-state index in [0.717, 1.165) is 37.2 Å². The number of nitrogens with zero attached hydrogens (tertiary/aromatic N) is 1. The number of hydrogen-bond donors (Lipinski definition) is 0. The third-order valence-corrected chi connectivity index (χ3v) is 5.47. The van der Waals surface area contributed by atoms with Crippen molar-refractivity contribution >= 4 is 5.91 Å². The second-order valence-electron chi connectivity index (χ2n) is 6.53. The van der Waals surface area contributed by atoms with Crippen LogP contribution in [-0.4, -0.2) is 44.2 Å². The molecule has 1 heterocycles. The predicted molar refractivity (Wildman–Crippen MR) is 85.0 cm³/mol. The summed E-state index contributed by atoms with van der Waals surface area (Å²) < 4.78 is 10.8. The third kappa shape index (κ3) is 2.84. The quantitative estimate of drug-likeness (QED) is 0.858. The Balaban J connectivity index is 1.56. The van der Waals surface area contributed by atoms with Gasteiger partial charge in [0.1, 0.15) is 5.75 Å². The van der Waals surface area contributed by atoms with Gasteiger partial charge in [-0.25, -0.2) is 0 Å². The molecule has 1 unspecified atom stereocenters. The van der Waals surface area contributed by atoms with Crippen LogP contribution in [0.15, 0.2) is 24.3 Å². The summed E-state index contributed by atoms with van der Waals surface area (Å²) in [6.07, 6.45) is 5.45. The molecule has 1 saturated carbocycles. The van der Waals surface area contributed by atoms with E-state index in [4.69, 9.17) is 9.47 Å². The lowest BCUT2D eigenvalue weighted by Crippen LogP contribution is -2.54. The Labute approximate surface area is 132 Å². The van der Waals surface area contributed by atoms with E-state index < -0.39 is 0 Å². The van der Waals surface area contributed by atoms with Crippen molar-refractivity contribution in [1.29, 1.82) is 0 Å². The first-order chi connectivity index (χ1) is 10.7. The highest BCUT2D eigenvalue weighted by molar-refractivity contribution is 5.79. The van der Waals surface area contributed by atoms with Gasteiger partial charge in [0.25, 0.3) is 0 Å². The molecule has 120 valence electrons. The number of rotatable bonds is 4. The topological polar surface area (TPSA) is 38.8 Å². The molecule has 1 aliphatic carbocycles. The first-order valence-electron chi connectivity index (χ1n) is 8.10. The molecule has 22 heavy (non-hydrogen) atoms. The fourth-order valence-corrected chi connectivity index (χ4v) is 3.88. The van der Waals surface area contributed by atoms with Crippen molar-refractivity contribution in [3.63, 3.8) is 0 Å². The molecular weight excluding hydrogens is 278 g/mol. The van der Waals surface area contributed by atoms with Gasteiger partial charge in [0, 0.05) is 25.6 Å². The first-order valence-corrected chi connectivity index (χ1v) is 8.10. The van der Waals surface area contributed by atoms with Crippen molar-refractivity contribution in [3.8, 4) is 5.75 Å². The lowest BCUT2D eigenvalue weighted by Gasteiger charge is -2.53.